The molecular weight excluding hydrogens is 256 g/mol. The van der Waals surface area contributed by atoms with Gasteiger partial charge in [0.1, 0.15) is 0 Å². The predicted molar refractivity (Wildman–Crippen MR) is 81.8 cm³/mol. The number of nitrogens with two attached hydrogens (primary N) is 1. The summed E-state index contributed by atoms with van der Waals surface area (Å²) in [6.07, 6.45) is 4.78. The Balaban J connectivity index is 2.12. The molecule has 2 aromatic rings. The molecule has 0 radical (unpaired) electrons. The molecule has 19 heavy (non-hydrogen) atoms. The maximum absolute atomic E-state index is 5.74. The van der Waals surface area contributed by atoms with Gasteiger partial charge >= 0.3 is 0 Å². The largest absolute Gasteiger partial charge is 0.368 e. The van der Waals surface area contributed by atoms with E-state index in [-0.39, 0.29) is 0 Å². The minimum atomic E-state index is 0.408. The van der Waals surface area contributed by atoms with Gasteiger partial charge in [0.25, 0.3) is 0 Å². The summed E-state index contributed by atoms with van der Waals surface area (Å²) < 4.78 is 1.58. The summed E-state index contributed by atoms with van der Waals surface area (Å²) in [5, 5.41) is 4.31. The van der Waals surface area contributed by atoms with Gasteiger partial charge in [0, 0.05) is 4.90 Å². The summed E-state index contributed by atoms with van der Waals surface area (Å²) in [4.78, 5) is 5.37. The summed E-state index contributed by atoms with van der Waals surface area (Å²) in [7, 11) is 0. The van der Waals surface area contributed by atoms with Crippen LogP contribution >= 0.6 is 11.8 Å². The standard InChI is InChI=1S/C14H18N4S/c1-3-7-19-13-6-4-5-12(8-13)9-16-18-10-11(2)17-14(18)15/h4-6,8-10H,3,7H2,1-2H3,(H2,15,17). The van der Waals surface area contributed by atoms with E-state index < -0.39 is 0 Å². The molecule has 1 heterocycles. The SMILES string of the molecule is CCCSc1cccc(C=Nn2cc(C)nc2N)c1. The van der Waals surface area contributed by atoms with Crippen molar-refractivity contribution in [2.24, 2.45) is 5.10 Å². The monoisotopic (exact) mass is 274 g/mol. The molecule has 2 N–H and O–H groups in total. The van der Waals surface area contributed by atoms with Gasteiger partial charge in [0.05, 0.1) is 18.1 Å². The van der Waals surface area contributed by atoms with Crippen LogP contribution in [0.5, 0.6) is 0 Å². The molecule has 1 aromatic heterocycles. The third kappa shape index (κ3) is 3.86. The van der Waals surface area contributed by atoms with Crippen molar-refractivity contribution in [1.82, 2.24) is 9.66 Å². The first-order valence-electron chi connectivity index (χ1n) is 6.27. The average Bonchev–Trinajstić information content (AvgIpc) is 2.73. The summed E-state index contributed by atoms with van der Waals surface area (Å²) >= 11 is 1.86. The molecule has 0 aliphatic heterocycles. The summed E-state index contributed by atoms with van der Waals surface area (Å²) in [5.41, 5.74) is 7.66. The molecule has 1 aromatic carbocycles. The Morgan fingerprint density at radius 2 is 2.32 bits per heavy atom. The molecule has 0 spiro atoms. The molecule has 4 nitrogen and oxygen atoms in total. The van der Waals surface area contributed by atoms with Crippen molar-refractivity contribution in [3.05, 3.63) is 41.7 Å². The van der Waals surface area contributed by atoms with Crippen molar-refractivity contribution in [2.45, 2.75) is 25.2 Å². The van der Waals surface area contributed by atoms with E-state index in [0.717, 1.165) is 17.0 Å². The lowest BCUT2D eigenvalue weighted by Crippen LogP contribution is -1.97. The highest BCUT2D eigenvalue weighted by molar-refractivity contribution is 7.99. The van der Waals surface area contributed by atoms with E-state index in [2.05, 4.69) is 29.1 Å². The smallest absolute Gasteiger partial charge is 0.221 e. The van der Waals surface area contributed by atoms with Gasteiger partial charge in [0.2, 0.25) is 5.95 Å². The second-order valence-corrected chi connectivity index (χ2v) is 5.42. The number of nitrogen functional groups attached to an aromatic ring is 1. The molecule has 5 heteroatoms. The number of nitrogens with zero attached hydrogens (tertiary/aromatic N) is 3. The first kappa shape index (κ1) is 13.7. The first-order chi connectivity index (χ1) is 9.19. The van der Waals surface area contributed by atoms with Crippen LogP contribution in [0.4, 0.5) is 5.95 Å². The number of aromatic nitrogens is 2. The van der Waals surface area contributed by atoms with Crippen LogP contribution in [0.2, 0.25) is 0 Å². The fourth-order valence-electron chi connectivity index (χ4n) is 1.63. The quantitative estimate of drug-likeness (QED) is 0.673. The summed E-state index contributed by atoms with van der Waals surface area (Å²) in [6.45, 7) is 4.08. The Labute approximate surface area is 117 Å². The van der Waals surface area contributed by atoms with E-state index in [1.54, 1.807) is 10.9 Å². The van der Waals surface area contributed by atoms with Gasteiger partial charge < -0.3 is 5.73 Å². The highest BCUT2D eigenvalue weighted by Crippen LogP contribution is 2.19. The Hall–Kier alpha value is -1.75. The number of aryl methyl sites for hydroxylation is 1. The molecule has 100 valence electrons. The number of anilines is 1. The van der Waals surface area contributed by atoms with E-state index in [1.165, 1.54) is 11.3 Å². The van der Waals surface area contributed by atoms with Crippen LogP contribution in [0, 0.1) is 6.92 Å². The maximum Gasteiger partial charge on any atom is 0.221 e. The van der Waals surface area contributed by atoms with Crippen LogP contribution in [0.1, 0.15) is 24.6 Å². The van der Waals surface area contributed by atoms with Gasteiger partial charge in [0.15, 0.2) is 0 Å². The molecule has 0 atom stereocenters. The molecule has 0 aliphatic carbocycles. The molecule has 0 bridgehead atoms. The van der Waals surface area contributed by atoms with Crippen LogP contribution < -0.4 is 5.73 Å². The summed E-state index contributed by atoms with van der Waals surface area (Å²) in [6, 6.07) is 8.32. The van der Waals surface area contributed by atoms with Crippen LogP contribution in [-0.4, -0.2) is 21.6 Å². The Morgan fingerprint density at radius 1 is 1.47 bits per heavy atom. The molecule has 0 amide bonds. The number of thioether (sulfide) groups is 1. The lowest BCUT2D eigenvalue weighted by Gasteiger charge is -2.01. The van der Waals surface area contributed by atoms with E-state index >= 15 is 0 Å². The second-order valence-electron chi connectivity index (χ2n) is 4.25. The van der Waals surface area contributed by atoms with Crippen molar-refractivity contribution in [3.63, 3.8) is 0 Å². The van der Waals surface area contributed by atoms with Gasteiger partial charge in [-0.05, 0) is 36.8 Å². The van der Waals surface area contributed by atoms with Crippen molar-refractivity contribution < 1.29 is 0 Å². The van der Waals surface area contributed by atoms with Crippen molar-refractivity contribution in [3.8, 4) is 0 Å². The zero-order valence-corrected chi connectivity index (χ0v) is 12.0. The minimum Gasteiger partial charge on any atom is -0.368 e. The zero-order chi connectivity index (χ0) is 13.7. The van der Waals surface area contributed by atoms with Crippen LogP contribution in [-0.2, 0) is 0 Å². The summed E-state index contributed by atoms with van der Waals surface area (Å²) in [5.74, 6) is 1.54. The Kier molecular flexibility index (Phi) is 4.63. The van der Waals surface area contributed by atoms with E-state index in [1.807, 2.05) is 37.0 Å². The topological polar surface area (TPSA) is 56.2 Å². The van der Waals surface area contributed by atoms with Gasteiger partial charge in [-0.1, -0.05) is 19.1 Å². The van der Waals surface area contributed by atoms with E-state index in [9.17, 15) is 0 Å². The van der Waals surface area contributed by atoms with Crippen LogP contribution in [0.15, 0.2) is 40.5 Å². The second kappa shape index (κ2) is 6.43. The van der Waals surface area contributed by atoms with Gasteiger partial charge in [-0.15, -0.1) is 11.8 Å². The van der Waals surface area contributed by atoms with Crippen LogP contribution in [0.3, 0.4) is 0 Å². The van der Waals surface area contributed by atoms with Gasteiger partial charge in [-0.25, -0.2) is 9.66 Å². The van der Waals surface area contributed by atoms with Gasteiger partial charge in [-0.2, -0.15) is 5.10 Å². The molecule has 0 fully saturated rings. The molecule has 2 rings (SSSR count). The predicted octanol–water partition coefficient (Wildman–Crippen LogP) is 3.16. The average molecular weight is 274 g/mol. The van der Waals surface area contributed by atoms with E-state index in [4.69, 9.17) is 5.73 Å². The minimum absolute atomic E-state index is 0.408. The molecule has 0 aliphatic rings. The number of rotatable bonds is 5. The fourth-order valence-corrected chi connectivity index (χ4v) is 2.46. The third-order valence-corrected chi connectivity index (χ3v) is 3.70. The van der Waals surface area contributed by atoms with Crippen LogP contribution in [0.25, 0.3) is 0 Å². The lowest BCUT2D eigenvalue weighted by atomic mass is 10.2. The Bertz CT molecular complexity index is 575. The number of imidazole rings is 1. The van der Waals surface area contributed by atoms with Crippen molar-refractivity contribution in [1.29, 1.82) is 0 Å². The van der Waals surface area contributed by atoms with Crippen molar-refractivity contribution >= 4 is 23.9 Å². The first-order valence-corrected chi connectivity index (χ1v) is 7.26. The van der Waals surface area contributed by atoms with E-state index in [0.29, 0.717) is 5.95 Å². The zero-order valence-electron chi connectivity index (χ0n) is 11.2. The normalized spacial score (nSPS) is 11.3. The number of benzene rings is 1. The van der Waals surface area contributed by atoms with Gasteiger partial charge in [-0.3, -0.25) is 0 Å². The highest BCUT2D eigenvalue weighted by Gasteiger charge is 1.99. The maximum atomic E-state index is 5.74. The third-order valence-electron chi connectivity index (χ3n) is 2.50. The molecular formula is C14H18N4S. The number of hydrogen-bond donors (Lipinski definition) is 1. The fraction of sp³-hybridized carbons (Fsp3) is 0.286. The molecule has 0 saturated carbocycles. The van der Waals surface area contributed by atoms with Crippen molar-refractivity contribution in [2.75, 3.05) is 11.5 Å². The number of hydrogen-bond acceptors (Lipinski definition) is 4. The Morgan fingerprint density at radius 3 is 3.00 bits per heavy atom. The lowest BCUT2D eigenvalue weighted by molar-refractivity contribution is 0.897. The molecule has 0 saturated heterocycles. The molecule has 0 unspecified atom stereocenters. The highest BCUT2D eigenvalue weighted by atomic mass is 32.2.